The number of pyridine rings is 1. The number of aromatic nitrogens is 1. The molecule has 5 N–H and O–H groups in total. The fourth-order valence-corrected chi connectivity index (χ4v) is 3.19. The van der Waals surface area contributed by atoms with Crippen molar-refractivity contribution in [1.29, 1.82) is 0 Å². The molecule has 3 aromatic rings. The first kappa shape index (κ1) is 21.2. The number of halogens is 2. The molecule has 0 saturated heterocycles. The van der Waals surface area contributed by atoms with E-state index in [0.29, 0.717) is 15.8 Å². The number of H-pyrrole nitrogens is 1. The van der Waals surface area contributed by atoms with Crippen LogP contribution >= 0.6 is 23.2 Å². The number of nitrogens with one attached hydrogen (secondary N) is 1. The molecule has 10 heteroatoms. The summed E-state index contributed by atoms with van der Waals surface area (Å²) in [5.74, 6) is -3.21. The maximum absolute atomic E-state index is 12.1. The van der Waals surface area contributed by atoms with E-state index < -0.39 is 34.4 Å². The second-order valence-corrected chi connectivity index (χ2v) is 6.98. The van der Waals surface area contributed by atoms with Crippen LogP contribution in [0.1, 0.15) is 26.3 Å². The Kier molecular flexibility index (Phi) is 6.00. The second-order valence-electron chi connectivity index (χ2n) is 6.17. The molecule has 0 aliphatic carbocycles. The molecule has 1 heterocycles. The van der Waals surface area contributed by atoms with Crippen molar-refractivity contribution < 1.29 is 24.5 Å². The summed E-state index contributed by atoms with van der Waals surface area (Å²) in [6.07, 6.45) is 0. The molecule has 1 aromatic heterocycles. The Morgan fingerprint density at radius 1 is 1.00 bits per heavy atom. The summed E-state index contributed by atoms with van der Waals surface area (Å²) in [7, 11) is 0. The van der Waals surface area contributed by atoms with E-state index in [4.69, 9.17) is 33.7 Å². The predicted octanol–water partition coefficient (Wildman–Crippen LogP) is 3.91. The van der Waals surface area contributed by atoms with Crippen molar-refractivity contribution in [3.05, 3.63) is 79.6 Å². The molecular formula is C20H14Cl2N2O6. The SMILES string of the molecule is Nc1[nH]c(=O)c(C(=O)O)c(-c2cccc(OCc3ccc(Cl)c(Cl)c3)c2)c1C(=O)O. The molecule has 0 bridgehead atoms. The summed E-state index contributed by atoms with van der Waals surface area (Å²) < 4.78 is 5.70. The van der Waals surface area contributed by atoms with E-state index in [1.54, 1.807) is 24.3 Å². The maximum Gasteiger partial charge on any atom is 0.342 e. The highest BCUT2D eigenvalue weighted by molar-refractivity contribution is 6.42. The van der Waals surface area contributed by atoms with Gasteiger partial charge >= 0.3 is 11.9 Å². The van der Waals surface area contributed by atoms with Gasteiger partial charge in [-0.05, 0) is 35.4 Å². The predicted molar refractivity (Wildman–Crippen MR) is 112 cm³/mol. The Bertz CT molecular complexity index is 1220. The van der Waals surface area contributed by atoms with Crippen LogP contribution in [0.2, 0.25) is 10.0 Å². The van der Waals surface area contributed by atoms with Crippen LogP contribution in [0.25, 0.3) is 11.1 Å². The van der Waals surface area contributed by atoms with E-state index in [0.717, 1.165) is 5.56 Å². The van der Waals surface area contributed by atoms with Crippen molar-refractivity contribution in [2.75, 3.05) is 5.73 Å². The van der Waals surface area contributed by atoms with Gasteiger partial charge in [-0.1, -0.05) is 41.4 Å². The van der Waals surface area contributed by atoms with Gasteiger partial charge in [0.25, 0.3) is 5.56 Å². The molecule has 0 radical (unpaired) electrons. The molecular weight excluding hydrogens is 435 g/mol. The van der Waals surface area contributed by atoms with E-state index in [1.165, 1.54) is 18.2 Å². The fourth-order valence-electron chi connectivity index (χ4n) is 2.87. The fraction of sp³-hybridized carbons (Fsp3) is 0.0500. The minimum Gasteiger partial charge on any atom is -0.489 e. The van der Waals surface area contributed by atoms with Crippen molar-refractivity contribution in [2.45, 2.75) is 6.61 Å². The van der Waals surface area contributed by atoms with Gasteiger partial charge in [-0.15, -0.1) is 0 Å². The number of ether oxygens (including phenoxy) is 1. The van der Waals surface area contributed by atoms with Gasteiger partial charge in [-0.2, -0.15) is 0 Å². The Hall–Kier alpha value is -3.49. The number of hydrogen-bond acceptors (Lipinski definition) is 5. The number of rotatable bonds is 6. The number of carboxylic acid groups (broad SMARTS) is 2. The van der Waals surface area contributed by atoms with Crippen molar-refractivity contribution in [3.63, 3.8) is 0 Å². The summed E-state index contributed by atoms with van der Waals surface area (Å²) >= 11 is 11.9. The van der Waals surface area contributed by atoms with E-state index in [-0.39, 0.29) is 17.7 Å². The van der Waals surface area contributed by atoms with E-state index >= 15 is 0 Å². The van der Waals surface area contributed by atoms with Crippen LogP contribution in [0.4, 0.5) is 5.82 Å². The minimum absolute atomic E-state index is 0.120. The van der Waals surface area contributed by atoms with E-state index in [2.05, 4.69) is 4.98 Å². The Morgan fingerprint density at radius 2 is 1.70 bits per heavy atom. The maximum atomic E-state index is 12.1. The van der Waals surface area contributed by atoms with Gasteiger partial charge in [0, 0.05) is 5.56 Å². The highest BCUT2D eigenvalue weighted by Crippen LogP contribution is 2.32. The number of carboxylic acids is 2. The van der Waals surface area contributed by atoms with Crippen LogP contribution in [-0.4, -0.2) is 27.1 Å². The number of carbonyl (C=O) groups is 2. The lowest BCUT2D eigenvalue weighted by Gasteiger charge is -2.13. The van der Waals surface area contributed by atoms with Gasteiger partial charge in [0.1, 0.15) is 29.3 Å². The lowest BCUT2D eigenvalue weighted by atomic mass is 9.95. The summed E-state index contributed by atoms with van der Waals surface area (Å²) in [6.45, 7) is 0.120. The number of nitrogens with two attached hydrogens (primary N) is 1. The van der Waals surface area contributed by atoms with Crippen molar-refractivity contribution in [2.24, 2.45) is 0 Å². The molecule has 0 amide bonds. The lowest BCUT2D eigenvalue weighted by molar-refractivity contribution is 0.0695. The van der Waals surface area contributed by atoms with Crippen molar-refractivity contribution >= 4 is 41.0 Å². The van der Waals surface area contributed by atoms with Crippen LogP contribution in [0.3, 0.4) is 0 Å². The summed E-state index contributed by atoms with van der Waals surface area (Å²) in [5, 5.41) is 19.8. The summed E-state index contributed by atoms with van der Waals surface area (Å²) in [4.78, 5) is 37.6. The summed E-state index contributed by atoms with van der Waals surface area (Å²) in [5.41, 5.74) is 3.95. The first-order valence-corrected chi connectivity index (χ1v) is 9.14. The topological polar surface area (TPSA) is 143 Å². The molecule has 154 valence electrons. The standard InChI is InChI=1S/C20H14Cl2N2O6/c21-12-5-4-9(6-13(12)22)8-30-11-3-1-2-10(7-11)14-15(19(26)27)17(23)24-18(25)16(14)20(28)29/h1-7H,8H2,(H,26,27)(H,28,29)(H3,23,24,25). The molecule has 3 rings (SSSR count). The number of nitrogen functional groups attached to an aromatic ring is 1. The van der Waals surface area contributed by atoms with Crippen molar-refractivity contribution in [1.82, 2.24) is 4.98 Å². The van der Waals surface area contributed by atoms with Gasteiger partial charge < -0.3 is 25.7 Å². The van der Waals surface area contributed by atoms with E-state index in [9.17, 15) is 24.6 Å². The first-order chi connectivity index (χ1) is 14.2. The van der Waals surface area contributed by atoms with Crippen LogP contribution in [0.15, 0.2) is 47.3 Å². The van der Waals surface area contributed by atoms with Crippen LogP contribution in [0.5, 0.6) is 5.75 Å². The third kappa shape index (κ3) is 4.24. The average molecular weight is 449 g/mol. The van der Waals surface area contributed by atoms with Gasteiger partial charge in [0.05, 0.1) is 10.0 Å². The zero-order valence-electron chi connectivity index (χ0n) is 15.1. The Labute approximate surface area is 179 Å². The molecule has 8 nitrogen and oxygen atoms in total. The molecule has 0 unspecified atom stereocenters. The highest BCUT2D eigenvalue weighted by Gasteiger charge is 2.26. The monoisotopic (exact) mass is 448 g/mol. The second kappa shape index (κ2) is 8.48. The lowest BCUT2D eigenvalue weighted by Crippen LogP contribution is -2.24. The number of aromatic carboxylic acids is 2. The molecule has 2 aromatic carbocycles. The Morgan fingerprint density at radius 3 is 2.33 bits per heavy atom. The number of hydrogen-bond donors (Lipinski definition) is 4. The largest absolute Gasteiger partial charge is 0.489 e. The molecule has 0 fully saturated rings. The average Bonchev–Trinajstić information content (AvgIpc) is 2.67. The zero-order valence-corrected chi connectivity index (χ0v) is 16.6. The van der Waals surface area contributed by atoms with Gasteiger partial charge in [0.2, 0.25) is 0 Å². The molecule has 30 heavy (non-hydrogen) atoms. The van der Waals surface area contributed by atoms with Crippen LogP contribution in [0, 0.1) is 0 Å². The Balaban J connectivity index is 2.05. The molecule has 0 atom stereocenters. The minimum atomic E-state index is -1.59. The van der Waals surface area contributed by atoms with E-state index in [1.807, 2.05) is 0 Å². The van der Waals surface area contributed by atoms with Crippen molar-refractivity contribution in [3.8, 4) is 16.9 Å². The number of anilines is 1. The van der Waals surface area contributed by atoms with Crippen LogP contribution in [-0.2, 0) is 6.61 Å². The molecule has 0 saturated carbocycles. The third-order valence-corrected chi connectivity index (χ3v) is 4.92. The van der Waals surface area contributed by atoms with Gasteiger partial charge in [-0.25, -0.2) is 9.59 Å². The first-order valence-electron chi connectivity index (χ1n) is 8.38. The smallest absolute Gasteiger partial charge is 0.342 e. The summed E-state index contributed by atoms with van der Waals surface area (Å²) in [6, 6.07) is 11.0. The molecule has 0 aliphatic heterocycles. The number of aromatic amines is 1. The third-order valence-electron chi connectivity index (χ3n) is 4.18. The quantitative estimate of drug-likeness (QED) is 0.447. The highest BCUT2D eigenvalue weighted by atomic mass is 35.5. The zero-order chi connectivity index (χ0) is 22.0. The van der Waals surface area contributed by atoms with Crippen LogP contribution < -0.4 is 16.0 Å². The molecule has 0 aliphatic rings. The van der Waals surface area contributed by atoms with Gasteiger partial charge in [0.15, 0.2) is 0 Å². The normalized spacial score (nSPS) is 10.6. The van der Waals surface area contributed by atoms with Gasteiger partial charge in [-0.3, -0.25) is 4.79 Å². The number of benzene rings is 2. The molecule has 0 spiro atoms.